The molecule has 5 heterocycles. The molecule has 0 aliphatic carbocycles. The fourth-order valence-corrected chi connectivity index (χ4v) is 13.2. The molecule has 5 aromatic heterocycles. The molecule has 0 spiro atoms. The lowest BCUT2D eigenvalue weighted by Gasteiger charge is -2.23. The van der Waals surface area contributed by atoms with Gasteiger partial charge in [0, 0.05) is 87.0 Å². The number of rotatable bonds is 17. The third-order valence-electron chi connectivity index (χ3n) is 12.4. The van der Waals surface area contributed by atoms with Crippen molar-refractivity contribution in [2.24, 2.45) is 0 Å². The topological polar surface area (TPSA) is 223 Å². The van der Waals surface area contributed by atoms with Gasteiger partial charge in [0.1, 0.15) is 44.7 Å². The Morgan fingerprint density at radius 1 is 0.612 bits per heavy atom. The van der Waals surface area contributed by atoms with E-state index >= 15 is 0 Å². The number of methoxy groups -OCH3 is 3. The molecule has 0 bridgehead atoms. The largest absolute Gasteiger partial charge is 0.569 e. The van der Waals surface area contributed by atoms with Crippen molar-refractivity contribution in [3.8, 4) is 51.1 Å². The molecule has 0 amide bonds. The lowest BCUT2D eigenvalue weighted by atomic mass is 9.99. The molecule has 11 aromatic rings. The van der Waals surface area contributed by atoms with Crippen molar-refractivity contribution in [3.05, 3.63) is 220 Å². The van der Waals surface area contributed by atoms with E-state index in [2.05, 4.69) is 29.6 Å². The number of fused-ring (bicyclic) bond motifs is 2. The molecule has 0 aliphatic heterocycles. The van der Waals surface area contributed by atoms with Crippen LogP contribution in [0.1, 0.15) is 16.1 Å². The number of halogens is 3. The summed E-state index contributed by atoms with van der Waals surface area (Å²) in [5, 5.41) is 24.9. The van der Waals surface area contributed by atoms with Crippen LogP contribution in [0.15, 0.2) is 197 Å². The maximum Gasteiger partial charge on any atom is 0.569 e. The highest BCUT2D eigenvalue weighted by atomic mass is 35.5. The highest BCUT2D eigenvalue weighted by molar-refractivity contribution is 7.93. The number of benzene rings is 6. The van der Waals surface area contributed by atoms with E-state index < -0.39 is 19.9 Å². The Balaban J connectivity index is 0.000000165. The Morgan fingerprint density at radius 2 is 1.34 bits per heavy atom. The molecule has 0 aliphatic rings. The normalized spacial score (nSPS) is 10.9. The Kier molecular flexibility index (Phi) is 21.9. The number of hydrogen-bond acceptors (Lipinski definition) is 18. The molecule has 0 atom stereocenters. The first-order valence-electron chi connectivity index (χ1n) is 25.1. The predicted molar refractivity (Wildman–Crippen MR) is 332 cm³/mol. The van der Waals surface area contributed by atoms with Crippen LogP contribution in [0.3, 0.4) is 0 Å². The van der Waals surface area contributed by atoms with Gasteiger partial charge < -0.3 is 33.6 Å². The fourth-order valence-electron chi connectivity index (χ4n) is 8.26. The summed E-state index contributed by atoms with van der Waals surface area (Å²) in [7, 11) is -1.56. The van der Waals surface area contributed by atoms with Crippen LogP contribution in [-0.4, -0.2) is 88.5 Å². The van der Waals surface area contributed by atoms with Crippen LogP contribution < -0.4 is 27.8 Å². The number of sulfone groups is 1. The van der Waals surface area contributed by atoms with Crippen LogP contribution in [0.25, 0.3) is 43.9 Å². The van der Waals surface area contributed by atoms with Crippen molar-refractivity contribution in [2.75, 3.05) is 25.6 Å². The summed E-state index contributed by atoms with van der Waals surface area (Å²) in [6, 6.07) is 39.3. The van der Waals surface area contributed by atoms with Crippen LogP contribution in [0, 0.1) is 12.7 Å². The van der Waals surface area contributed by atoms with Crippen LogP contribution in [0.4, 0.5) is 9.52 Å². The average molecular weight is 1260 g/mol. The van der Waals surface area contributed by atoms with Crippen LogP contribution in [0.2, 0.25) is 10.2 Å². The standard InChI is InChI=1S/C25H19N3O3S2.C21H18ClN3O3S2.C7H7BClO3.C6H5BFO2/c1-31-23-14-17(19-3-2-9-26-15-19)4-6-22(23)25-21-7-5-20(13-18(21)8-10-28-25)33(29,30)16-24-27-11-12-32-24;1-14-11-17(28-2)4-3-16(14)13-25(21-24-9-10-29-21)30(26,27)18-5-6-19-15(12-18)7-8-23-20(19)22;1-11-7-4-5(9)2-3-6(7)12-8-10;8-5-2-1-3-6(4-5)10-7-9/h2-15H,16H2,1H3;3-12H,13H2,1-2H3;2-4,10H,1H3;1-4,9H. The van der Waals surface area contributed by atoms with E-state index in [0.29, 0.717) is 63.7 Å². The Bertz CT molecular complexity index is 4270. The Labute approximate surface area is 509 Å². The van der Waals surface area contributed by atoms with Crippen molar-refractivity contribution in [2.45, 2.75) is 29.0 Å². The molecule has 2 radical (unpaired) electrons. The lowest BCUT2D eigenvalue weighted by Crippen LogP contribution is -2.30. The number of aromatic nitrogens is 5. The van der Waals surface area contributed by atoms with Gasteiger partial charge in [-0.15, -0.1) is 22.7 Å². The maximum absolute atomic E-state index is 13.6. The molecule has 26 heteroatoms. The summed E-state index contributed by atoms with van der Waals surface area (Å²) < 4.78 is 91.8. The number of anilines is 1. The summed E-state index contributed by atoms with van der Waals surface area (Å²) >= 11 is 14.4. The molecule has 432 valence electrons. The summed E-state index contributed by atoms with van der Waals surface area (Å²) in [4.78, 5) is 21.6. The highest BCUT2D eigenvalue weighted by Gasteiger charge is 2.28. The average Bonchev–Trinajstić information content (AvgIpc) is 3.08. The second-order valence-electron chi connectivity index (χ2n) is 17.7. The number of thiazole rings is 2. The zero-order chi connectivity index (χ0) is 60.5. The van der Waals surface area contributed by atoms with Gasteiger partial charge >= 0.3 is 15.4 Å². The number of aryl methyl sites for hydroxylation is 1. The molecule has 17 nitrogen and oxygen atoms in total. The molecule has 11 rings (SSSR count). The van der Waals surface area contributed by atoms with Gasteiger partial charge in [-0.05, 0) is 131 Å². The summed E-state index contributed by atoms with van der Waals surface area (Å²) in [5.74, 6) is 2.08. The zero-order valence-corrected chi connectivity index (χ0v) is 50.3. The van der Waals surface area contributed by atoms with E-state index in [1.54, 1.807) is 123 Å². The fraction of sp³-hybridized carbons (Fsp3) is 0.102. The first-order chi connectivity index (χ1) is 41.0. The second-order valence-corrected chi connectivity index (χ2v) is 24.2. The van der Waals surface area contributed by atoms with Gasteiger partial charge in [0.25, 0.3) is 10.0 Å². The van der Waals surface area contributed by atoms with Gasteiger partial charge in [-0.3, -0.25) is 9.97 Å². The number of hydrogen-bond donors (Lipinski definition) is 2. The number of sulfonamides is 1. The van der Waals surface area contributed by atoms with Gasteiger partial charge in [0.15, 0.2) is 20.7 Å². The molecule has 0 unspecified atom stereocenters. The van der Waals surface area contributed by atoms with E-state index in [1.807, 2.05) is 61.5 Å². The minimum absolute atomic E-state index is 0.113. The van der Waals surface area contributed by atoms with Crippen molar-refractivity contribution >= 4 is 108 Å². The van der Waals surface area contributed by atoms with Gasteiger partial charge in [0.05, 0.1) is 43.4 Å². The van der Waals surface area contributed by atoms with E-state index in [0.717, 1.165) is 50.0 Å². The lowest BCUT2D eigenvalue weighted by molar-refractivity contribution is 0.381. The highest BCUT2D eigenvalue weighted by Crippen LogP contribution is 2.38. The minimum atomic E-state index is -3.87. The quantitative estimate of drug-likeness (QED) is 0.0639. The molecular formula is C59H49B2Cl2FN6O11S4. The number of nitrogens with zero attached hydrogens (tertiary/aromatic N) is 6. The third-order valence-corrected chi connectivity index (χ3v) is 18.2. The first kappa shape index (κ1) is 62.8. The van der Waals surface area contributed by atoms with Crippen LogP contribution in [0.5, 0.6) is 28.7 Å². The van der Waals surface area contributed by atoms with Crippen molar-refractivity contribution in [1.82, 2.24) is 24.9 Å². The van der Waals surface area contributed by atoms with Crippen LogP contribution in [-0.2, 0) is 32.2 Å². The third kappa shape index (κ3) is 16.2. The van der Waals surface area contributed by atoms with Gasteiger partial charge in [-0.2, -0.15) is 0 Å². The summed E-state index contributed by atoms with van der Waals surface area (Å²) in [5.41, 5.74) is 5.33. The predicted octanol–water partition coefficient (Wildman–Crippen LogP) is 12.4. The van der Waals surface area contributed by atoms with E-state index in [9.17, 15) is 21.2 Å². The van der Waals surface area contributed by atoms with Gasteiger partial charge in [0.2, 0.25) is 0 Å². The number of ether oxygens (including phenoxy) is 3. The molecule has 0 saturated carbocycles. The van der Waals surface area contributed by atoms with Gasteiger partial charge in [-0.1, -0.05) is 53.5 Å². The maximum atomic E-state index is 13.6. The summed E-state index contributed by atoms with van der Waals surface area (Å²) in [6.07, 6.45) is 9.98. The molecule has 0 fully saturated rings. The monoisotopic (exact) mass is 1260 g/mol. The Morgan fingerprint density at radius 3 is 2.02 bits per heavy atom. The zero-order valence-electron chi connectivity index (χ0n) is 45.5. The van der Waals surface area contributed by atoms with E-state index in [4.69, 9.17) is 52.1 Å². The second kappa shape index (κ2) is 29.6. The van der Waals surface area contributed by atoms with Crippen LogP contribution >= 0.6 is 45.9 Å². The molecular weight excluding hydrogens is 1210 g/mol. The SMILES string of the molecule is COc1cc(-c2cccnc2)ccc1-c1nccc2cc(S(=O)(=O)Cc3nccs3)ccc12.COc1cc(Cl)ccc1O[B]O.COc1ccc(CN(c2nccs2)S(=O)(=O)c2ccc3c(Cl)nccc3c2)c(C)c1.O[B]Oc1cccc(F)c1. The first-order valence-corrected chi connectivity index (χ1v) is 30.7. The molecule has 6 aromatic carbocycles. The molecule has 2 N–H and O–H groups in total. The minimum Gasteiger partial charge on any atom is -0.537 e. The van der Waals surface area contributed by atoms with Crippen molar-refractivity contribution in [1.29, 1.82) is 0 Å². The smallest absolute Gasteiger partial charge is 0.537 e. The van der Waals surface area contributed by atoms with Crippen molar-refractivity contribution < 1.29 is 54.8 Å². The van der Waals surface area contributed by atoms with E-state index in [-0.39, 0.29) is 33.7 Å². The Hall–Kier alpha value is -8.19. The molecule has 85 heavy (non-hydrogen) atoms. The number of pyridine rings is 3. The van der Waals surface area contributed by atoms with E-state index in [1.165, 1.54) is 58.4 Å². The molecule has 0 saturated heterocycles. The van der Waals surface area contributed by atoms with Crippen molar-refractivity contribution in [3.63, 3.8) is 0 Å². The summed E-state index contributed by atoms with van der Waals surface area (Å²) in [6.45, 7) is 2.08. The van der Waals surface area contributed by atoms with Gasteiger partial charge in [-0.25, -0.2) is 40.5 Å².